The number of rotatable bonds is 3. The molecule has 0 bridgehead atoms. The van der Waals surface area contributed by atoms with Crippen molar-refractivity contribution >= 4 is 22.0 Å². The van der Waals surface area contributed by atoms with Gasteiger partial charge >= 0.3 is 5.63 Å². The van der Waals surface area contributed by atoms with Gasteiger partial charge in [-0.25, -0.2) is 14.3 Å². The van der Waals surface area contributed by atoms with E-state index in [0.29, 0.717) is 29.1 Å². The highest BCUT2D eigenvalue weighted by Crippen LogP contribution is 2.28. The van der Waals surface area contributed by atoms with Gasteiger partial charge in [0.25, 0.3) is 5.82 Å². The van der Waals surface area contributed by atoms with Crippen LogP contribution in [-0.2, 0) is 13.6 Å². The average molecular weight is 407 g/mol. The fraction of sp³-hybridized carbons (Fsp3) is 0.304. The van der Waals surface area contributed by atoms with E-state index in [-0.39, 0.29) is 5.75 Å². The molecule has 2 aromatic heterocycles. The summed E-state index contributed by atoms with van der Waals surface area (Å²) in [6.45, 7) is 4.93. The average Bonchev–Trinajstić information content (AvgIpc) is 3.08. The third-order valence-electron chi connectivity index (χ3n) is 6.33. The Morgan fingerprint density at radius 2 is 1.90 bits per heavy atom. The van der Waals surface area contributed by atoms with Gasteiger partial charge in [-0.15, -0.1) is 0 Å². The standard InChI is InChI=1S/C23H24N4O3/c1-25-9-11-27(12-10-25)14-17-20(28)8-7-15-13-16(23(29)30-21(15)17)22-24-18-5-3-4-6-19(18)26(22)2/h3-8,13H,9-12,14H2,1-2H3,(H,24,28,29)/p+3. The molecule has 2 aromatic carbocycles. The second-order valence-electron chi connectivity index (χ2n) is 8.36. The molecule has 0 spiro atoms. The van der Waals surface area contributed by atoms with E-state index in [9.17, 15) is 9.90 Å². The number of imidazole rings is 1. The Hall–Kier alpha value is -3.16. The largest absolute Gasteiger partial charge is 0.507 e. The molecular weight excluding hydrogens is 380 g/mol. The van der Waals surface area contributed by atoms with Gasteiger partial charge < -0.3 is 19.3 Å². The molecule has 7 nitrogen and oxygen atoms in total. The molecule has 3 heterocycles. The lowest BCUT2D eigenvalue weighted by molar-refractivity contribution is -1.01. The van der Waals surface area contributed by atoms with Gasteiger partial charge in [-0.3, -0.25) is 0 Å². The number of aromatic hydroxyl groups is 1. The topological polar surface area (TPSA) is 79.0 Å². The summed E-state index contributed by atoms with van der Waals surface area (Å²) in [5.74, 6) is 0.891. The lowest BCUT2D eigenvalue weighted by Gasteiger charge is -2.27. The van der Waals surface area contributed by atoms with Gasteiger partial charge in [-0.1, -0.05) is 12.1 Å². The first-order valence-electron chi connectivity index (χ1n) is 10.4. The van der Waals surface area contributed by atoms with E-state index in [0.717, 1.165) is 42.6 Å². The van der Waals surface area contributed by atoms with E-state index >= 15 is 0 Å². The highest BCUT2D eigenvalue weighted by Gasteiger charge is 2.25. The van der Waals surface area contributed by atoms with E-state index < -0.39 is 5.63 Å². The Bertz CT molecular complexity index is 1300. The Morgan fingerprint density at radius 1 is 1.13 bits per heavy atom. The molecule has 0 unspecified atom stereocenters. The number of nitrogens with one attached hydrogen (secondary N) is 3. The Kier molecular flexibility index (Phi) is 4.56. The number of benzene rings is 2. The van der Waals surface area contributed by atoms with Crippen molar-refractivity contribution in [2.75, 3.05) is 33.2 Å². The highest BCUT2D eigenvalue weighted by molar-refractivity contribution is 5.85. The number of piperazine rings is 1. The normalized spacial score (nSPS) is 19.5. The van der Waals surface area contributed by atoms with Gasteiger partial charge in [0, 0.05) is 5.39 Å². The van der Waals surface area contributed by atoms with Gasteiger partial charge in [0.2, 0.25) is 0 Å². The summed E-state index contributed by atoms with van der Waals surface area (Å²) in [5, 5.41) is 11.3. The SMILES string of the molecule is C[n+]1c(-c2cc3ccc(O)c(C[NH+]4CC[NH+](C)CC4)c3oc2=O)[nH]c2ccccc21. The summed E-state index contributed by atoms with van der Waals surface area (Å²) < 4.78 is 7.77. The summed E-state index contributed by atoms with van der Waals surface area (Å²) in [4.78, 5) is 19.2. The number of nitrogens with zero attached hydrogens (tertiary/aromatic N) is 1. The van der Waals surface area contributed by atoms with Crippen molar-refractivity contribution in [3.05, 3.63) is 58.4 Å². The molecular formula is C23H27N4O3+3. The van der Waals surface area contributed by atoms with Crippen molar-refractivity contribution in [1.29, 1.82) is 0 Å². The molecule has 4 aromatic rings. The number of H-pyrrole nitrogens is 1. The van der Waals surface area contributed by atoms with Crippen LogP contribution in [0.3, 0.4) is 0 Å². The van der Waals surface area contributed by atoms with Crippen molar-refractivity contribution in [3.8, 4) is 17.1 Å². The minimum absolute atomic E-state index is 0.188. The van der Waals surface area contributed by atoms with Crippen LogP contribution in [0.2, 0.25) is 0 Å². The van der Waals surface area contributed by atoms with Crippen molar-refractivity contribution in [2.45, 2.75) is 6.54 Å². The number of aromatic amines is 1. The molecule has 7 heteroatoms. The van der Waals surface area contributed by atoms with Crippen molar-refractivity contribution in [1.82, 2.24) is 4.98 Å². The molecule has 1 saturated heterocycles. The number of phenolic OH excluding ortho intramolecular Hbond substituents is 1. The fourth-order valence-corrected chi connectivity index (χ4v) is 4.48. The van der Waals surface area contributed by atoms with E-state index in [1.807, 2.05) is 48.0 Å². The molecule has 1 aliphatic rings. The third kappa shape index (κ3) is 3.16. The fourth-order valence-electron chi connectivity index (χ4n) is 4.48. The van der Waals surface area contributed by atoms with Gasteiger partial charge in [-0.2, -0.15) is 0 Å². The lowest BCUT2D eigenvalue weighted by Crippen LogP contribution is -3.26. The van der Waals surface area contributed by atoms with Gasteiger partial charge in [-0.05, 0) is 30.3 Å². The van der Waals surface area contributed by atoms with Crippen LogP contribution in [0.4, 0.5) is 0 Å². The number of aromatic nitrogens is 2. The van der Waals surface area contributed by atoms with Crippen LogP contribution < -0.4 is 20.0 Å². The molecule has 0 saturated carbocycles. The molecule has 1 fully saturated rings. The predicted octanol–water partition coefficient (Wildman–Crippen LogP) is -0.615. The van der Waals surface area contributed by atoms with Gasteiger partial charge in [0.15, 0.2) is 22.2 Å². The van der Waals surface area contributed by atoms with Crippen molar-refractivity contribution < 1.29 is 23.9 Å². The van der Waals surface area contributed by atoms with Crippen LogP contribution in [0.25, 0.3) is 33.4 Å². The van der Waals surface area contributed by atoms with Crippen LogP contribution in [0.15, 0.2) is 51.7 Å². The maximum atomic E-state index is 13.0. The first-order valence-corrected chi connectivity index (χ1v) is 10.4. The maximum absolute atomic E-state index is 13.0. The summed E-state index contributed by atoms with van der Waals surface area (Å²) >= 11 is 0. The zero-order chi connectivity index (χ0) is 20.8. The number of likely N-dealkylation sites (N-methyl/N-ethyl adjacent to an activating group) is 1. The maximum Gasteiger partial charge on any atom is 0.352 e. The molecule has 1 aliphatic heterocycles. The summed E-state index contributed by atoms with van der Waals surface area (Å²) in [7, 11) is 4.13. The number of para-hydroxylation sites is 2. The molecule has 0 amide bonds. The molecule has 30 heavy (non-hydrogen) atoms. The van der Waals surface area contributed by atoms with Crippen LogP contribution in [0.1, 0.15) is 5.56 Å². The van der Waals surface area contributed by atoms with Crippen LogP contribution in [-0.4, -0.2) is 43.3 Å². The van der Waals surface area contributed by atoms with Crippen molar-refractivity contribution in [3.63, 3.8) is 0 Å². The molecule has 154 valence electrons. The number of aryl methyl sites for hydroxylation is 1. The molecule has 5 rings (SSSR count). The second kappa shape index (κ2) is 7.27. The quantitative estimate of drug-likeness (QED) is 0.270. The van der Waals surface area contributed by atoms with Gasteiger partial charge in [0.1, 0.15) is 38.5 Å². The Morgan fingerprint density at radius 3 is 2.67 bits per heavy atom. The first-order chi connectivity index (χ1) is 14.5. The molecule has 0 aliphatic carbocycles. The minimum atomic E-state index is -0.408. The molecule has 4 N–H and O–H groups in total. The van der Waals surface area contributed by atoms with E-state index in [1.165, 1.54) is 9.80 Å². The molecule has 0 radical (unpaired) electrons. The van der Waals surface area contributed by atoms with E-state index in [1.54, 1.807) is 6.07 Å². The summed E-state index contributed by atoms with van der Waals surface area (Å²) in [6.07, 6.45) is 0. The van der Waals surface area contributed by atoms with Gasteiger partial charge in [0.05, 0.1) is 19.7 Å². The minimum Gasteiger partial charge on any atom is -0.507 e. The van der Waals surface area contributed by atoms with E-state index in [4.69, 9.17) is 4.42 Å². The number of fused-ring (bicyclic) bond motifs is 2. The number of phenols is 1. The lowest BCUT2D eigenvalue weighted by atomic mass is 10.1. The number of quaternary nitrogens is 2. The highest BCUT2D eigenvalue weighted by atomic mass is 16.4. The van der Waals surface area contributed by atoms with Crippen molar-refractivity contribution in [2.24, 2.45) is 7.05 Å². The zero-order valence-electron chi connectivity index (χ0n) is 17.3. The number of hydrogen-bond acceptors (Lipinski definition) is 3. The molecule has 0 atom stereocenters. The monoisotopic (exact) mass is 407 g/mol. The summed E-state index contributed by atoms with van der Waals surface area (Å²) in [5.41, 5.74) is 3.25. The number of hydrogen-bond donors (Lipinski definition) is 4. The van der Waals surface area contributed by atoms with E-state index in [2.05, 4.69) is 12.0 Å². The zero-order valence-corrected chi connectivity index (χ0v) is 17.3. The second-order valence-corrected chi connectivity index (χ2v) is 8.36. The predicted molar refractivity (Wildman–Crippen MR) is 114 cm³/mol. The summed E-state index contributed by atoms with van der Waals surface area (Å²) in [6, 6.07) is 13.3. The first kappa shape index (κ1) is 18.8. The third-order valence-corrected chi connectivity index (χ3v) is 6.33. The van der Waals surface area contributed by atoms with Crippen LogP contribution >= 0.6 is 0 Å². The van der Waals surface area contributed by atoms with Crippen LogP contribution in [0.5, 0.6) is 5.75 Å². The Labute approximate surface area is 173 Å². The Balaban J connectivity index is 1.60. The smallest absolute Gasteiger partial charge is 0.352 e. The van der Waals surface area contributed by atoms with Crippen LogP contribution in [0, 0.1) is 0 Å².